The van der Waals surface area contributed by atoms with E-state index in [-0.39, 0.29) is 89.5 Å². The molecule has 0 saturated carbocycles. The maximum Gasteiger partial charge on any atom is 0.404 e. The standard InChI is InChI=1S/C64H88N6O33/c1-2-64(32-20-35-45-29(18-28-6-3-4-7-33(28)69-45)22-70(35)57(87)31(32)27-95-61(64)88)103-44(78)10-9-42(76)68-34(36(75)8-5-12-91-14-17-94-60-56(52(85)48(81)39(24-72)99-60)100-59-53(86)55(102-63(66)90)51(84)41(26-74)98-59)21-43(77)67-11-13-92-15-16-93-58-30(46(79)47(80)38(23-71)97-58)19-37-49(82)54(101-62(65)89)50(83)40(25-73)96-37/h3-4,6-7,18,20,30,34,37-41,46-56,58-60,71-74,79-86H,2,5,8-17,19,21-27H2,1H3,(H2,65,89)(H2,66,90)(H,67,77)(H,68,76)/t30-,34?,37+,38-,39-,40+,41+,46+,47+,48+,49+,50+,51+,52-,53-,54+,55-,56-,58-,59+,60-,64-/m0/s1. The van der Waals surface area contributed by atoms with Crippen molar-refractivity contribution in [3.8, 4) is 11.4 Å². The first-order valence-corrected chi connectivity index (χ1v) is 33.4. The van der Waals surface area contributed by atoms with Gasteiger partial charge in [-0.05, 0) is 37.5 Å². The summed E-state index contributed by atoms with van der Waals surface area (Å²) in [5, 5.41) is 132. The minimum absolute atomic E-state index is 0.0346. The molecule has 1 aromatic carbocycles. The van der Waals surface area contributed by atoms with E-state index in [9.17, 15) is 99.6 Å². The zero-order chi connectivity index (χ0) is 74.6. The molecule has 4 fully saturated rings. The Balaban J connectivity index is 0.801. The van der Waals surface area contributed by atoms with Gasteiger partial charge >= 0.3 is 24.1 Å². The number of hydrogen-bond acceptors (Lipinski definition) is 34. The third-order valence-corrected chi connectivity index (χ3v) is 18.6. The van der Waals surface area contributed by atoms with Crippen molar-refractivity contribution >= 4 is 52.6 Å². The number of pyridine rings is 2. The highest BCUT2D eigenvalue weighted by atomic mass is 16.8. The van der Waals surface area contributed by atoms with Crippen LogP contribution in [0.15, 0.2) is 41.2 Å². The normalized spacial score (nSPS) is 32.1. The quantitative estimate of drug-likeness (QED) is 0.0117. The lowest BCUT2D eigenvalue weighted by Crippen LogP contribution is -2.65. The lowest BCUT2D eigenvalue weighted by Gasteiger charge is -2.46. The van der Waals surface area contributed by atoms with Gasteiger partial charge in [-0.15, -0.1) is 0 Å². The van der Waals surface area contributed by atoms with E-state index < -0.39 is 234 Å². The number of esters is 2. The molecule has 22 atom stereocenters. The van der Waals surface area contributed by atoms with E-state index in [2.05, 4.69) is 10.6 Å². The Morgan fingerprint density at radius 2 is 1.24 bits per heavy atom. The third kappa shape index (κ3) is 18.6. The maximum absolute atomic E-state index is 14.1. The first kappa shape index (κ1) is 79.9. The van der Waals surface area contributed by atoms with E-state index in [1.807, 2.05) is 30.3 Å². The van der Waals surface area contributed by atoms with Gasteiger partial charge < -0.3 is 150 Å². The number of nitrogens with zero attached hydrogens (tertiary/aromatic N) is 2. The predicted molar refractivity (Wildman–Crippen MR) is 338 cm³/mol. The molecule has 6 aliphatic rings. The number of cyclic esters (lactones) is 1. The molecule has 3 aromatic rings. The largest absolute Gasteiger partial charge is 0.457 e. The van der Waals surface area contributed by atoms with Gasteiger partial charge in [-0.2, -0.15) is 0 Å². The van der Waals surface area contributed by atoms with Gasteiger partial charge in [0.05, 0.1) is 120 Å². The van der Waals surface area contributed by atoms with E-state index in [0.717, 1.165) is 10.9 Å². The van der Waals surface area contributed by atoms with E-state index in [1.54, 1.807) is 13.0 Å². The lowest BCUT2D eigenvalue weighted by atomic mass is 9.83. The van der Waals surface area contributed by atoms with Crippen LogP contribution in [-0.4, -0.2) is 308 Å². The maximum atomic E-state index is 14.1. The number of ether oxygens (including phenoxy) is 13. The number of fused-ring (bicyclic) bond motifs is 5. The Hall–Kier alpha value is -7.17. The van der Waals surface area contributed by atoms with Crippen LogP contribution in [0.3, 0.4) is 0 Å². The minimum atomic E-state index is -2.12. The molecule has 0 aliphatic carbocycles. The van der Waals surface area contributed by atoms with Crippen LogP contribution in [0.1, 0.15) is 68.6 Å². The van der Waals surface area contributed by atoms with Crippen molar-refractivity contribution in [2.24, 2.45) is 17.4 Å². The van der Waals surface area contributed by atoms with Gasteiger partial charge in [0.25, 0.3) is 5.56 Å². The number of Topliss-reactive ketones (excluding diaryl/α,β-unsaturated/α-hetero) is 1. The molecule has 39 nitrogen and oxygen atoms in total. The number of carbonyl (C=O) groups excluding carboxylic acids is 7. The van der Waals surface area contributed by atoms with Crippen molar-refractivity contribution in [1.29, 1.82) is 0 Å². The van der Waals surface area contributed by atoms with Crippen molar-refractivity contribution in [1.82, 2.24) is 20.2 Å². The summed E-state index contributed by atoms with van der Waals surface area (Å²) in [6.07, 6.45) is -37.1. The molecule has 39 heteroatoms. The molecule has 4 amide bonds. The summed E-state index contributed by atoms with van der Waals surface area (Å²) < 4.78 is 73.6. The number of amides is 4. The fourth-order valence-corrected chi connectivity index (χ4v) is 13.1. The highest BCUT2D eigenvalue weighted by Gasteiger charge is 2.55. The van der Waals surface area contributed by atoms with Crippen LogP contribution in [-0.2, 0) is 104 Å². The number of aliphatic hydroxyl groups is 12. The SMILES string of the molecule is CC[C@@]1(OC(=O)CCC(=O)NC(CC(=O)NCCOCCO[C@H]2O[C@@H](CO)[C@@H](O)[C@H](O)[C@@H]2C[C@H]2O[C@H](CO)[C@@H](O)[C@H](OC(N)=O)[C@@H]2O)C(=O)CCCOCCO[C@H]2O[C@@H](CO)[C@@H](O)[C@H](O)[C@@H]2O[C@H]2O[C@H](CO)[C@@H](O)[C@H](OC(N)=O)[C@@H]2O)C(=O)OCc2c1cc1n(c2=O)Cc2cc3ccccc3nc2-1. The molecule has 0 spiro atoms. The average Bonchev–Trinajstić information content (AvgIpc) is 1.67. The summed E-state index contributed by atoms with van der Waals surface area (Å²) in [6.45, 7) is -3.54. The molecule has 18 N–H and O–H groups in total. The van der Waals surface area contributed by atoms with Gasteiger partial charge in [0, 0.05) is 48.4 Å². The molecular formula is C64H88N6O33. The Morgan fingerprint density at radius 3 is 1.90 bits per heavy atom. The van der Waals surface area contributed by atoms with Crippen LogP contribution < -0.4 is 27.7 Å². The summed E-state index contributed by atoms with van der Waals surface area (Å²) in [6, 6.07) is 9.32. The molecule has 0 bridgehead atoms. The van der Waals surface area contributed by atoms with Crippen LogP contribution in [0.2, 0.25) is 0 Å². The second kappa shape index (κ2) is 36.2. The molecule has 2 aromatic heterocycles. The highest BCUT2D eigenvalue weighted by Crippen LogP contribution is 2.42. The monoisotopic (exact) mass is 1470 g/mol. The van der Waals surface area contributed by atoms with Crippen molar-refractivity contribution in [3.63, 3.8) is 0 Å². The molecular weight excluding hydrogens is 1380 g/mol. The smallest absolute Gasteiger partial charge is 0.404 e. The molecule has 1 unspecified atom stereocenters. The number of carbonyl (C=O) groups is 7. The van der Waals surface area contributed by atoms with Crippen LogP contribution in [0, 0.1) is 5.92 Å². The summed E-state index contributed by atoms with van der Waals surface area (Å²) in [7, 11) is 0. The Morgan fingerprint density at radius 1 is 0.650 bits per heavy atom. The predicted octanol–water partition coefficient (Wildman–Crippen LogP) is -7.06. The number of nitrogens with one attached hydrogen (secondary N) is 2. The van der Waals surface area contributed by atoms with Crippen LogP contribution in [0.5, 0.6) is 0 Å². The summed E-state index contributed by atoms with van der Waals surface area (Å²) in [5.41, 5.74) is 10.1. The summed E-state index contributed by atoms with van der Waals surface area (Å²) in [5.74, 6) is -5.60. The van der Waals surface area contributed by atoms with Gasteiger partial charge in [0.2, 0.25) is 17.4 Å². The number of nitrogens with two attached hydrogens (primary N) is 2. The summed E-state index contributed by atoms with van der Waals surface area (Å²) in [4.78, 5) is 111. The van der Waals surface area contributed by atoms with E-state index in [4.69, 9.17) is 78.0 Å². The van der Waals surface area contributed by atoms with Gasteiger partial charge in [0.15, 0.2) is 36.9 Å². The number of aromatic nitrogens is 2. The topological polar surface area (TPSA) is 593 Å². The zero-order valence-corrected chi connectivity index (χ0v) is 55.7. The zero-order valence-electron chi connectivity index (χ0n) is 55.7. The van der Waals surface area contributed by atoms with Crippen molar-refractivity contribution in [3.05, 3.63) is 63.4 Å². The number of aliphatic hydroxyl groups excluding tert-OH is 12. The van der Waals surface area contributed by atoms with Crippen LogP contribution in [0.25, 0.3) is 22.3 Å². The number of rotatable bonds is 34. The van der Waals surface area contributed by atoms with E-state index >= 15 is 0 Å². The van der Waals surface area contributed by atoms with Crippen molar-refractivity contribution < 1.29 is 156 Å². The van der Waals surface area contributed by atoms with Crippen molar-refractivity contribution in [2.75, 3.05) is 72.6 Å². The second-order valence-corrected chi connectivity index (χ2v) is 25.2. The first-order valence-electron chi connectivity index (χ1n) is 33.4. The van der Waals surface area contributed by atoms with E-state index in [0.29, 0.717) is 16.9 Å². The minimum Gasteiger partial charge on any atom is -0.457 e. The van der Waals surface area contributed by atoms with Crippen molar-refractivity contribution in [2.45, 2.75) is 193 Å². The molecule has 8 heterocycles. The number of primary amides is 2. The molecule has 0 radical (unpaired) electrons. The number of ketones is 1. The second-order valence-electron chi connectivity index (χ2n) is 25.2. The Kier molecular flexibility index (Phi) is 28.1. The fraction of sp³-hybridized carbons (Fsp3) is 0.672. The number of hydrogen-bond donors (Lipinski definition) is 16. The third-order valence-electron chi connectivity index (χ3n) is 18.6. The molecule has 9 rings (SSSR count). The highest BCUT2D eigenvalue weighted by molar-refractivity contribution is 5.94. The Bertz CT molecular complexity index is 3500. The fourth-order valence-electron chi connectivity index (χ4n) is 13.1. The first-order chi connectivity index (χ1) is 49.3. The number of para-hydroxylation sites is 1. The molecule has 103 heavy (non-hydrogen) atoms. The number of benzene rings is 1. The molecule has 6 aliphatic heterocycles. The van der Waals surface area contributed by atoms with Gasteiger partial charge in [0.1, 0.15) is 79.9 Å². The average molecular weight is 1470 g/mol. The van der Waals surface area contributed by atoms with Gasteiger partial charge in [-0.1, -0.05) is 25.1 Å². The van der Waals surface area contributed by atoms with Gasteiger partial charge in [-0.25, -0.2) is 19.4 Å². The van der Waals surface area contributed by atoms with E-state index in [1.165, 1.54) is 4.57 Å². The van der Waals surface area contributed by atoms with Gasteiger partial charge in [-0.3, -0.25) is 24.0 Å². The van der Waals surface area contributed by atoms with Crippen LogP contribution >= 0.6 is 0 Å². The lowest BCUT2D eigenvalue weighted by molar-refractivity contribution is -0.367. The molecule has 4 saturated heterocycles. The molecule has 572 valence electrons. The van der Waals surface area contributed by atoms with Crippen LogP contribution in [0.4, 0.5) is 9.59 Å². The Labute approximate surface area is 585 Å². The summed E-state index contributed by atoms with van der Waals surface area (Å²) >= 11 is 0.